The van der Waals surface area contributed by atoms with Gasteiger partial charge in [-0.3, -0.25) is 4.55 Å². The third-order valence-electron chi connectivity index (χ3n) is 4.70. The van der Waals surface area contributed by atoms with E-state index in [4.69, 9.17) is 4.74 Å². The molecule has 33 heavy (non-hydrogen) atoms. The molecule has 8 heteroatoms. The van der Waals surface area contributed by atoms with Crippen molar-refractivity contribution in [1.82, 2.24) is 0 Å². The lowest BCUT2D eigenvalue weighted by Gasteiger charge is -2.15. The zero-order valence-corrected chi connectivity index (χ0v) is 18.1. The molecule has 0 fully saturated rings. The van der Waals surface area contributed by atoms with E-state index >= 15 is 0 Å². The lowest BCUT2D eigenvalue weighted by atomic mass is 10.0. The van der Waals surface area contributed by atoms with Gasteiger partial charge < -0.3 is 15.4 Å². The molecule has 0 aliphatic heterocycles. The lowest BCUT2D eigenvalue weighted by Crippen LogP contribution is -2.19. The van der Waals surface area contributed by atoms with Crippen molar-refractivity contribution in [3.05, 3.63) is 103 Å². The Morgan fingerprint density at radius 2 is 1.33 bits per heavy atom. The summed E-state index contributed by atoms with van der Waals surface area (Å²) in [4.78, 5) is 12.2. The smallest absolute Gasteiger partial charge is 0.323 e. The van der Waals surface area contributed by atoms with Gasteiger partial charge in [-0.05, 0) is 48.5 Å². The summed E-state index contributed by atoms with van der Waals surface area (Å²) in [6.07, 6.45) is 0. The summed E-state index contributed by atoms with van der Waals surface area (Å²) >= 11 is 0. The zero-order chi connectivity index (χ0) is 23.3. The number of benzene rings is 4. The van der Waals surface area contributed by atoms with Gasteiger partial charge in [0.25, 0.3) is 10.1 Å². The molecular weight excluding hydrogens is 440 g/mol. The van der Waals surface area contributed by atoms with Crippen LogP contribution in [0.1, 0.15) is 0 Å². The number of carbonyl (C=O) groups is 1. The van der Waals surface area contributed by atoms with E-state index in [9.17, 15) is 17.8 Å². The van der Waals surface area contributed by atoms with Crippen LogP contribution < -0.4 is 15.4 Å². The number of anilines is 2. The summed E-state index contributed by atoms with van der Waals surface area (Å²) in [6.45, 7) is 0. The van der Waals surface area contributed by atoms with Gasteiger partial charge in [-0.1, -0.05) is 54.6 Å². The van der Waals surface area contributed by atoms with Crippen molar-refractivity contribution in [2.24, 2.45) is 0 Å². The monoisotopic (exact) mass is 460 g/mol. The first-order valence-corrected chi connectivity index (χ1v) is 11.4. The molecule has 4 rings (SSSR count). The molecule has 7 nitrogen and oxygen atoms in total. The molecule has 0 unspecified atom stereocenters. The van der Waals surface area contributed by atoms with E-state index in [0.29, 0.717) is 28.4 Å². The number of rotatable bonds is 6. The minimum atomic E-state index is -4.55. The number of carbonyl (C=O) groups excluding carboxylic acids is 1. The van der Waals surface area contributed by atoms with E-state index in [2.05, 4.69) is 10.6 Å². The summed E-state index contributed by atoms with van der Waals surface area (Å²) < 4.78 is 39.8. The molecule has 0 heterocycles. The van der Waals surface area contributed by atoms with Gasteiger partial charge in [0.15, 0.2) is 0 Å². The Kier molecular flexibility index (Phi) is 6.39. The molecule has 2 amide bonds. The van der Waals surface area contributed by atoms with Gasteiger partial charge in [-0.15, -0.1) is 0 Å². The highest BCUT2D eigenvalue weighted by Crippen LogP contribution is 2.36. The predicted octanol–water partition coefficient (Wildman–Crippen LogP) is 6.04. The molecule has 0 saturated heterocycles. The second kappa shape index (κ2) is 9.56. The summed E-state index contributed by atoms with van der Waals surface area (Å²) in [7, 11) is -4.55. The van der Waals surface area contributed by atoms with Crippen LogP contribution in [0.5, 0.6) is 11.5 Å². The second-order valence-corrected chi connectivity index (χ2v) is 8.43. The number of hydrogen-bond donors (Lipinski definition) is 3. The maximum absolute atomic E-state index is 12.5. The van der Waals surface area contributed by atoms with Crippen LogP contribution in [-0.4, -0.2) is 19.0 Å². The number of para-hydroxylation sites is 3. The highest BCUT2D eigenvalue weighted by molar-refractivity contribution is 7.86. The van der Waals surface area contributed by atoms with Crippen molar-refractivity contribution < 1.29 is 22.5 Å². The van der Waals surface area contributed by atoms with Crippen LogP contribution in [0, 0.1) is 0 Å². The topological polar surface area (TPSA) is 105 Å². The van der Waals surface area contributed by atoms with Gasteiger partial charge in [0.1, 0.15) is 16.4 Å². The van der Waals surface area contributed by atoms with Gasteiger partial charge in [0, 0.05) is 16.8 Å². The van der Waals surface area contributed by atoms with Crippen molar-refractivity contribution in [1.29, 1.82) is 0 Å². The molecular formula is C25H20N2O5S. The quantitative estimate of drug-likeness (QED) is 0.304. The van der Waals surface area contributed by atoms with Crippen LogP contribution in [0.3, 0.4) is 0 Å². The summed E-state index contributed by atoms with van der Waals surface area (Å²) in [5, 5.41) is 5.45. The highest BCUT2D eigenvalue weighted by atomic mass is 32.2. The first kappa shape index (κ1) is 22.1. The molecule has 0 radical (unpaired) electrons. The van der Waals surface area contributed by atoms with E-state index in [1.54, 1.807) is 60.7 Å². The molecule has 3 N–H and O–H groups in total. The first-order chi connectivity index (χ1) is 15.9. The normalized spacial score (nSPS) is 10.9. The van der Waals surface area contributed by atoms with E-state index < -0.39 is 16.1 Å². The average Bonchev–Trinajstić information content (AvgIpc) is 2.80. The first-order valence-electron chi connectivity index (χ1n) is 9.97. The van der Waals surface area contributed by atoms with Crippen LogP contribution in [0.15, 0.2) is 108 Å². The molecule has 4 aromatic carbocycles. The molecule has 0 aliphatic rings. The number of nitrogens with one attached hydrogen (secondary N) is 2. The Morgan fingerprint density at radius 1 is 0.697 bits per heavy atom. The largest absolute Gasteiger partial charge is 0.457 e. The van der Waals surface area contributed by atoms with Crippen LogP contribution in [0.2, 0.25) is 0 Å². The van der Waals surface area contributed by atoms with E-state index in [1.807, 2.05) is 24.3 Å². The Hall–Kier alpha value is -4.14. The van der Waals surface area contributed by atoms with Gasteiger partial charge in [0.05, 0.1) is 5.69 Å². The van der Waals surface area contributed by atoms with Crippen molar-refractivity contribution in [2.45, 2.75) is 4.90 Å². The summed E-state index contributed by atoms with van der Waals surface area (Å²) in [6, 6.07) is 28.3. The summed E-state index contributed by atoms with van der Waals surface area (Å²) in [5.74, 6) is 0.934. The third kappa shape index (κ3) is 5.57. The van der Waals surface area contributed by atoms with Gasteiger partial charge in [-0.25, -0.2) is 4.79 Å². The molecule has 0 atom stereocenters. The van der Waals surface area contributed by atoms with Crippen molar-refractivity contribution >= 4 is 27.5 Å². The van der Waals surface area contributed by atoms with Crippen LogP contribution in [-0.2, 0) is 10.1 Å². The fourth-order valence-corrected chi connectivity index (χ4v) is 3.95. The predicted molar refractivity (Wildman–Crippen MR) is 127 cm³/mol. The highest BCUT2D eigenvalue weighted by Gasteiger charge is 2.20. The van der Waals surface area contributed by atoms with Crippen LogP contribution in [0.4, 0.5) is 16.2 Å². The second-order valence-electron chi connectivity index (χ2n) is 7.04. The SMILES string of the molecule is O=C(Nc1ccccc1)Nc1ccccc1-c1cc(Oc2ccccc2)ccc1S(=O)(=O)O. The van der Waals surface area contributed by atoms with Gasteiger partial charge in [0.2, 0.25) is 0 Å². The Balaban J connectivity index is 1.71. The molecule has 166 valence electrons. The van der Waals surface area contributed by atoms with E-state index in [0.717, 1.165) is 0 Å². The maximum Gasteiger partial charge on any atom is 0.323 e. The number of ether oxygens (including phenoxy) is 1. The molecule has 0 spiro atoms. The third-order valence-corrected chi connectivity index (χ3v) is 5.62. The van der Waals surface area contributed by atoms with Crippen molar-refractivity contribution in [3.8, 4) is 22.6 Å². The molecule has 0 aromatic heterocycles. The number of urea groups is 1. The van der Waals surface area contributed by atoms with Crippen LogP contribution in [0.25, 0.3) is 11.1 Å². The Bertz CT molecular complexity index is 1370. The Labute approximate surface area is 191 Å². The van der Waals surface area contributed by atoms with Crippen molar-refractivity contribution in [2.75, 3.05) is 10.6 Å². The average molecular weight is 461 g/mol. The Morgan fingerprint density at radius 3 is 2.03 bits per heavy atom. The van der Waals surface area contributed by atoms with E-state index in [-0.39, 0.29) is 10.5 Å². The maximum atomic E-state index is 12.5. The van der Waals surface area contributed by atoms with Gasteiger partial charge in [-0.2, -0.15) is 8.42 Å². The number of hydrogen-bond acceptors (Lipinski definition) is 4. The fourth-order valence-electron chi connectivity index (χ4n) is 3.27. The minimum absolute atomic E-state index is 0.182. The lowest BCUT2D eigenvalue weighted by molar-refractivity contribution is 0.262. The fraction of sp³-hybridized carbons (Fsp3) is 0. The standard InChI is InChI=1S/C25H20N2O5S/c28-25(26-18-9-3-1-4-10-18)27-23-14-8-7-13-21(23)22-17-20(15-16-24(22)33(29,30)31)32-19-11-5-2-6-12-19/h1-17H,(H2,26,27,28)(H,29,30,31). The van der Waals surface area contributed by atoms with Crippen LogP contribution >= 0.6 is 0 Å². The molecule has 0 saturated carbocycles. The van der Waals surface area contributed by atoms with E-state index in [1.165, 1.54) is 18.2 Å². The summed E-state index contributed by atoms with van der Waals surface area (Å²) in [5.41, 5.74) is 1.53. The molecule has 0 bridgehead atoms. The van der Waals surface area contributed by atoms with Gasteiger partial charge >= 0.3 is 6.03 Å². The zero-order valence-electron chi connectivity index (χ0n) is 17.3. The van der Waals surface area contributed by atoms with Crippen molar-refractivity contribution in [3.63, 3.8) is 0 Å². The minimum Gasteiger partial charge on any atom is -0.457 e. The molecule has 4 aromatic rings. The molecule has 0 aliphatic carbocycles. The number of amides is 2.